The number of nitrogens with zero attached hydrogens (tertiary/aromatic N) is 2. The molecule has 7 heteroatoms. The Hall–Kier alpha value is -0.120. The number of nitrogens with one attached hydrogen (secondary N) is 2. The second-order valence-electron chi connectivity index (χ2n) is 7.66. The van der Waals surface area contributed by atoms with Crippen LogP contribution in [0, 0.1) is 5.92 Å². The van der Waals surface area contributed by atoms with E-state index in [1.807, 2.05) is 0 Å². The minimum Gasteiger partial charge on any atom is -0.393 e. The van der Waals surface area contributed by atoms with Crippen LogP contribution in [-0.2, 0) is 4.74 Å². The molecule has 0 aromatic rings. The maximum absolute atomic E-state index is 9.71. The number of morpholine rings is 1. The van der Waals surface area contributed by atoms with E-state index in [0.29, 0.717) is 18.0 Å². The first kappa shape index (κ1) is 24.9. The second-order valence-corrected chi connectivity index (χ2v) is 7.66. The predicted molar refractivity (Wildman–Crippen MR) is 123 cm³/mol. The molecule has 1 saturated carbocycles. The molecule has 1 aliphatic carbocycles. The number of rotatable bonds is 8. The summed E-state index contributed by atoms with van der Waals surface area (Å²) in [6.45, 7) is 12.1. The van der Waals surface area contributed by atoms with Gasteiger partial charge in [0.05, 0.1) is 25.9 Å². The minimum atomic E-state index is -0.117. The van der Waals surface area contributed by atoms with E-state index in [9.17, 15) is 5.11 Å². The Labute approximate surface area is 182 Å². The van der Waals surface area contributed by atoms with Gasteiger partial charge in [-0.15, -0.1) is 24.0 Å². The van der Waals surface area contributed by atoms with Crippen LogP contribution in [-0.4, -0.2) is 73.5 Å². The SMILES string of the molecule is CCNC(=NCC(C(CC)CC)N1CCOCC1)NC1CCC(O)CC1.I. The van der Waals surface area contributed by atoms with Crippen LogP contribution >= 0.6 is 24.0 Å². The third-order valence-electron chi connectivity index (χ3n) is 5.93. The standard InChI is InChI=1S/C20H40N4O2.HI/c1-4-16(5-2)19(24-11-13-26-14-12-24)15-22-20(21-6-3)23-17-7-9-18(25)10-8-17;/h16-19,25H,4-15H2,1-3H3,(H2,21,22,23);1H. The second kappa shape index (κ2) is 14.0. The van der Waals surface area contributed by atoms with Crippen LogP contribution in [0.3, 0.4) is 0 Å². The number of aliphatic imine (C=N–C) groups is 1. The average molecular weight is 496 g/mol. The largest absolute Gasteiger partial charge is 0.393 e. The molecule has 0 amide bonds. The highest BCUT2D eigenvalue weighted by Crippen LogP contribution is 2.21. The van der Waals surface area contributed by atoms with Crippen molar-refractivity contribution >= 4 is 29.9 Å². The van der Waals surface area contributed by atoms with Gasteiger partial charge in [0.15, 0.2) is 5.96 Å². The van der Waals surface area contributed by atoms with Gasteiger partial charge >= 0.3 is 0 Å². The van der Waals surface area contributed by atoms with Crippen LogP contribution in [0.1, 0.15) is 59.3 Å². The molecular weight excluding hydrogens is 455 g/mol. The van der Waals surface area contributed by atoms with Gasteiger partial charge in [0.1, 0.15) is 0 Å². The molecule has 1 unspecified atom stereocenters. The van der Waals surface area contributed by atoms with E-state index in [4.69, 9.17) is 9.73 Å². The van der Waals surface area contributed by atoms with Gasteiger partial charge in [0.2, 0.25) is 0 Å². The van der Waals surface area contributed by atoms with Crippen LogP contribution in [0.5, 0.6) is 0 Å². The van der Waals surface area contributed by atoms with Crippen LogP contribution in [0.2, 0.25) is 0 Å². The van der Waals surface area contributed by atoms with Gasteiger partial charge in [0.25, 0.3) is 0 Å². The molecule has 2 fully saturated rings. The molecule has 160 valence electrons. The van der Waals surface area contributed by atoms with E-state index in [1.54, 1.807) is 0 Å². The Morgan fingerprint density at radius 2 is 1.74 bits per heavy atom. The first-order valence-electron chi connectivity index (χ1n) is 10.7. The number of aliphatic hydroxyl groups is 1. The lowest BCUT2D eigenvalue weighted by Crippen LogP contribution is -2.50. The Morgan fingerprint density at radius 3 is 2.30 bits per heavy atom. The summed E-state index contributed by atoms with van der Waals surface area (Å²) in [6.07, 6.45) is 6.09. The van der Waals surface area contributed by atoms with E-state index in [2.05, 4.69) is 36.3 Å². The van der Waals surface area contributed by atoms with Crippen LogP contribution in [0.15, 0.2) is 4.99 Å². The molecule has 3 N–H and O–H groups in total. The highest BCUT2D eigenvalue weighted by atomic mass is 127. The van der Waals surface area contributed by atoms with E-state index < -0.39 is 0 Å². The molecule has 0 radical (unpaired) electrons. The summed E-state index contributed by atoms with van der Waals surface area (Å²) in [5.74, 6) is 1.60. The molecule has 0 bridgehead atoms. The number of ether oxygens (including phenoxy) is 1. The van der Waals surface area contributed by atoms with Crippen LogP contribution < -0.4 is 10.6 Å². The fourth-order valence-electron chi connectivity index (χ4n) is 4.22. The summed E-state index contributed by atoms with van der Waals surface area (Å²) >= 11 is 0. The van der Waals surface area contributed by atoms with Crippen LogP contribution in [0.4, 0.5) is 0 Å². The number of hydrogen-bond acceptors (Lipinski definition) is 4. The quantitative estimate of drug-likeness (QED) is 0.274. The van der Waals surface area contributed by atoms with E-state index >= 15 is 0 Å². The Kier molecular flexibility index (Phi) is 12.9. The highest BCUT2D eigenvalue weighted by molar-refractivity contribution is 14.0. The summed E-state index contributed by atoms with van der Waals surface area (Å²) in [7, 11) is 0. The van der Waals surface area contributed by atoms with Gasteiger partial charge in [0, 0.05) is 31.7 Å². The lowest BCUT2D eigenvalue weighted by atomic mass is 9.92. The maximum Gasteiger partial charge on any atom is 0.191 e. The molecule has 2 aliphatic rings. The van der Waals surface area contributed by atoms with E-state index in [1.165, 1.54) is 12.8 Å². The molecule has 0 aromatic carbocycles. The highest BCUT2D eigenvalue weighted by Gasteiger charge is 2.27. The lowest BCUT2D eigenvalue weighted by Gasteiger charge is -2.38. The normalized spacial score (nSPS) is 25.7. The van der Waals surface area contributed by atoms with Crippen molar-refractivity contribution in [3.63, 3.8) is 0 Å². The number of aliphatic hydroxyl groups excluding tert-OH is 1. The summed E-state index contributed by atoms with van der Waals surface area (Å²) in [5, 5.41) is 16.7. The molecule has 0 spiro atoms. The molecule has 27 heavy (non-hydrogen) atoms. The Morgan fingerprint density at radius 1 is 1.11 bits per heavy atom. The summed E-state index contributed by atoms with van der Waals surface area (Å²) in [5.41, 5.74) is 0. The summed E-state index contributed by atoms with van der Waals surface area (Å²) in [4.78, 5) is 7.54. The third-order valence-corrected chi connectivity index (χ3v) is 5.93. The molecule has 1 saturated heterocycles. The van der Waals surface area contributed by atoms with Crippen molar-refractivity contribution in [2.75, 3.05) is 39.4 Å². The summed E-state index contributed by atoms with van der Waals surface area (Å²) in [6, 6.07) is 0.906. The van der Waals surface area contributed by atoms with Gasteiger partial charge in [-0.05, 0) is 38.5 Å². The fourth-order valence-corrected chi connectivity index (χ4v) is 4.22. The van der Waals surface area contributed by atoms with Gasteiger partial charge in [-0.25, -0.2) is 0 Å². The van der Waals surface area contributed by atoms with Crippen molar-refractivity contribution in [2.24, 2.45) is 10.9 Å². The first-order valence-corrected chi connectivity index (χ1v) is 10.7. The zero-order valence-electron chi connectivity index (χ0n) is 17.5. The van der Waals surface area contributed by atoms with Gasteiger partial charge in [-0.3, -0.25) is 9.89 Å². The van der Waals surface area contributed by atoms with Crippen LogP contribution in [0.25, 0.3) is 0 Å². The average Bonchev–Trinajstić information content (AvgIpc) is 2.67. The molecule has 1 aliphatic heterocycles. The van der Waals surface area contributed by atoms with Crippen molar-refractivity contribution < 1.29 is 9.84 Å². The molecule has 1 atom stereocenters. The number of guanidine groups is 1. The molecule has 6 nitrogen and oxygen atoms in total. The third kappa shape index (κ3) is 8.41. The Balaban J connectivity index is 0.00000364. The summed E-state index contributed by atoms with van der Waals surface area (Å²) < 4.78 is 5.55. The fraction of sp³-hybridized carbons (Fsp3) is 0.950. The first-order chi connectivity index (χ1) is 12.7. The maximum atomic E-state index is 9.71. The van der Waals surface area contributed by atoms with E-state index in [-0.39, 0.29) is 30.1 Å². The van der Waals surface area contributed by atoms with Crippen molar-refractivity contribution in [1.82, 2.24) is 15.5 Å². The molecule has 2 rings (SSSR count). The molecular formula is C20H41IN4O2. The van der Waals surface area contributed by atoms with Gasteiger partial charge < -0.3 is 20.5 Å². The van der Waals surface area contributed by atoms with Gasteiger partial charge in [-0.1, -0.05) is 26.7 Å². The van der Waals surface area contributed by atoms with Crippen molar-refractivity contribution in [3.05, 3.63) is 0 Å². The lowest BCUT2D eigenvalue weighted by molar-refractivity contribution is 0.00394. The van der Waals surface area contributed by atoms with E-state index in [0.717, 1.165) is 71.0 Å². The minimum absolute atomic E-state index is 0. The number of hydrogen-bond donors (Lipinski definition) is 3. The monoisotopic (exact) mass is 496 g/mol. The number of halogens is 1. The molecule has 1 heterocycles. The van der Waals surface area contributed by atoms with Crippen molar-refractivity contribution in [3.8, 4) is 0 Å². The topological polar surface area (TPSA) is 69.1 Å². The zero-order valence-corrected chi connectivity index (χ0v) is 19.8. The predicted octanol–water partition coefficient (Wildman–Crippen LogP) is 2.60. The van der Waals surface area contributed by atoms with Gasteiger partial charge in [-0.2, -0.15) is 0 Å². The molecule has 0 aromatic heterocycles. The van der Waals surface area contributed by atoms with Crippen molar-refractivity contribution in [2.45, 2.75) is 77.5 Å². The zero-order chi connectivity index (χ0) is 18.8. The Bertz CT molecular complexity index is 407. The van der Waals surface area contributed by atoms with Crippen molar-refractivity contribution in [1.29, 1.82) is 0 Å². The smallest absolute Gasteiger partial charge is 0.191 e.